The Morgan fingerprint density at radius 1 is 1.21 bits per heavy atom. The molecule has 0 heterocycles. The molecule has 1 unspecified atom stereocenters. The third-order valence-electron chi connectivity index (χ3n) is 4.06. The van der Waals surface area contributed by atoms with Crippen LogP contribution in [0.25, 0.3) is 0 Å². The number of nitrogens with two attached hydrogens (primary N) is 1. The molecule has 0 spiro atoms. The number of carbonyl (C=O) groups excluding carboxylic acids is 2. The van der Waals surface area contributed by atoms with Gasteiger partial charge in [0.1, 0.15) is 23.9 Å². The third-order valence-corrected chi connectivity index (χ3v) is 4.06. The van der Waals surface area contributed by atoms with Crippen LogP contribution in [-0.4, -0.2) is 28.6 Å². The van der Waals surface area contributed by atoms with Crippen LogP contribution in [0.4, 0.5) is 20.6 Å². The van der Waals surface area contributed by atoms with Crippen molar-refractivity contribution in [3.63, 3.8) is 0 Å². The Morgan fingerprint density at radius 2 is 1.88 bits per heavy atom. The second kappa shape index (κ2) is 10.9. The summed E-state index contributed by atoms with van der Waals surface area (Å²) >= 11 is 0. The number of nitro groups is 1. The van der Waals surface area contributed by atoms with E-state index in [1.54, 1.807) is 45.0 Å². The van der Waals surface area contributed by atoms with Crippen LogP contribution >= 0.6 is 0 Å². The topological polar surface area (TPSA) is 134 Å². The summed E-state index contributed by atoms with van der Waals surface area (Å²) in [6.07, 6.45) is -1.12. The van der Waals surface area contributed by atoms with Crippen molar-refractivity contribution in [2.24, 2.45) is 0 Å². The van der Waals surface area contributed by atoms with Gasteiger partial charge in [0.15, 0.2) is 0 Å². The normalized spacial score (nSPS) is 11.5. The zero-order chi connectivity index (χ0) is 24.6. The van der Waals surface area contributed by atoms with Gasteiger partial charge in [0.25, 0.3) is 0 Å². The van der Waals surface area contributed by atoms with Crippen LogP contribution in [0.15, 0.2) is 42.5 Å². The van der Waals surface area contributed by atoms with Crippen molar-refractivity contribution in [1.82, 2.24) is 5.32 Å². The van der Waals surface area contributed by atoms with Gasteiger partial charge in [-0.2, -0.15) is 4.39 Å². The van der Waals surface area contributed by atoms with Gasteiger partial charge in [-0.25, -0.2) is 9.59 Å². The number of alkyl carbamates (subject to hydrolysis) is 1. The van der Waals surface area contributed by atoms with Crippen LogP contribution in [0, 0.1) is 27.8 Å². The summed E-state index contributed by atoms with van der Waals surface area (Å²) in [6, 6.07) is 10.0. The summed E-state index contributed by atoms with van der Waals surface area (Å²) in [5, 5.41) is 13.4. The van der Waals surface area contributed by atoms with Gasteiger partial charge in [0.2, 0.25) is 5.82 Å². The fraction of sp³-hybridized carbons (Fsp3) is 0.304. The van der Waals surface area contributed by atoms with Gasteiger partial charge in [-0.15, -0.1) is 0 Å². The highest BCUT2D eigenvalue weighted by Crippen LogP contribution is 2.27. The Balaban J connectivity index is 2.19. The summed E-state index contributed by atoms with van der Waals surface area (Å²) in [5.74, 6) is 3.02. The highest BCUT2D eigenvalue weighted by Gasteiger charge is 2.25. The number of nitrogens with one attached hydrogen (secondary N) is 1. The molecular weight excluding hydrogens is 433 g/mol. The van der Waals surface area contributed by atoms with Crippen LogP contribution in [0.1, 0.15) is 38.3 Å². The first kappa shape index (κ1) is 25.1. The molecule has 0 radical (unpaired) electrons. The largest absolute Gasteiger partial charge is 0.459 e. The van der Waals surface area contributed by atoms with Crippen molar-refractivity contribution in [2.45, 2.75) is 45.4 Å². The van der Waals surface area contributed by atoms with Crippen molar-refractivity contribution < 1.29 is 28.4 Å². The molecular formula is C23H24FN3O6. The lowest BCUT2D eigenvalue weighted by atomic mass is 10.1. The highest BCUT2D eigenvalue weighted by molar-refractivity contribution is 5.81. The predicted molar refractivity (Wildman–Crippen MR) is 118 cm³/mol. The summed E-state index contributed by atoms with van der Waals surface area (Å²) in [4.78, 5) is 34.8. The van der Waals surface area contributed by atoms with Gasteiger partial charge in [0.05, 0.1) is 10.5 Å². The predicted octanol–water partition coefficient (Wildman–Crippen LogP) is 3.69. The second-order valence-electron chi connectivity index (χ2n) is 7.92. The Morgan fingerprint density at radius 3 is 2.48 bits per heavy atom. The quantitative estimate of drug-likeness (QED) is 0.222. The number of hydrogen-bond donors (Lipinski definition) is 2. The number of carbonyl (C=O) groups is 2. The lowest BCUT2D eigenvalue weighted by Crippen LogP contribution is -2.44. The van der Waals surface area contributed by atoms with Crippen LogP contribution < -0.4 is 11.1 Å². The Labute approximate surface area is 190 Å². The fourth-order valence-corrected chi connectivity index (χ4v) is 2.58. The maximum Gasteiger partial charge on any atom is 0.408 e. The van der Waals surface area contributed by atoms with Gasteiger partial charge in [0, 0.05) is 6.42 Å². The van der Waals surface area contributed by atoms with Crippen LogP contribution in [0.3, 0.4) is 0 Å². The second-order valence-corrected chi connectivity index (χ2v) is 7.92. The molecule has 10 heteroatoms. The van der Waals surface area contributed by atoms with Crippen LogP contribution in [0.5, 0.6) is 0 Å². The number of amides is 1. The number of esters is 1. The summed E-state index contributed by atoms with van der Waals surface area (Å²) < 4.78 is 24.8. The zero-order valence-electron chi connectivity index (χ0n) is 18.4. The van der Waals surface area contributed by atoms with E-state index in [0.29, 0.717) is 0 Å². The minimum absolute atomic E-state index is 0.0294. The number of anilines is 1. The number of nitro benzene ring substituents is 1. The molecule has 9 nitrogen and oxygen atoms in total. The number of benzene rings is 2. The molecule has 2 rings (SSSR count). The first-order chi connectivity index (χ1) is 15.5. The Kier molecular flexibility index (Phi) is 8.34. The fourth-order valence-electron chi connectivity index (χ4n) is 2.58. The molecule has 0 bridgehead atoms. The van der Waals surface area contributed by atoms with Crippen LogP contribution in [0.2, 0.25) is 0 Å². The molecule has 174 valence electrons. The number of nitrogens with zero attached hydrogens (tertiary/aromatic N) is 1. The number of nitrogen functional groups attached to an aromatic ring is 1. The number of halogens is 1. The van der Waals surface area contributed by atoms with Crippen molar-refractivity contribution in [2.75, 3.05) is 5.73 Å². The monoisotopic (exact) mass is 457 g/mol. The van der Waals surface area contributed by atoms with E-state index >= 15 is 0 Å². The van der Waals surface area contributed by atoms with Gasteiger partial charge in [-0.3, -0.25) is 10.1 Å². The lowest BCUT2D eigenvalue weighted by molar-refractivity contribution is -0.386. The Bertz CT molecular complexity index is 1090. The smallest absolute Gasteiger partial charge is 0.408 e. The molecule has 1 amide bonds. The van der Waals surface area contributed by atoms with E-state index in [1.807, 2.05) is 6.07 Å². The molecule has 33 heavy (non-hydrogen) atoms. The van der Waals surface area contributed by atoms with Gasteiger partial charge < -0.3 is 20.5 Å². The average molecular weight is 457 g/mol. The van der Waals surface area contributed by atoms with Crippen molar-refractivity contribution in [3.05, 3.63) is 69.5 Å². The molecule has 1 atom stereocenters. The van der Waals surface area contributed by atoms with E-state index in [9.17, 15) is 24.1 Å². The summed E-state index contributed by atoms with van der Waals surface area (Å²) in [5.41, 5.74) is 3.89. The first-order valence-electron chi connectivity index (χ1n) is 9.89. The van der Waals surface area contributed by atoms with E-state index in [1.165, 1.54) is 6.07 Å². The molecule has 0 saturated heterocycles. The van der Waals surface area contributed by atoms with Crippen molar-refractivity contribution in [3.8, 4) is 11.8 Å². The number of ether oxygens (including phenoxy) is 2. The van der Waals surface area contributed by atoms with Crippen molar-refractivity contribution >= 4 is 23.4 Å². The summed E-state index contributed by atoms with van der Waals surface area (Å²) in [6.45, 7) is 4.95. The standard InChI is InChI=1S/C23H24FN3O6/c1-23(2,3)33-22(29)26-18(21(28)32-14-15-8-5-4-6-9-15)11-7-10-16-12-13-17(25)20(19(16)24)27(30)31/h4-6,8-9,12-13,18H,11,14,25H2,1-3H3,(H,26,29). The van der Waals surface area contributed by atoms with Gasteiger partial charge in [-0.05, 0) is 38.5 Å². The molecule has 2 aromatic rings. The molecule has 0 aliphatic rings. The Hall–Kier alpha value is -4.13. The number of rotatable bonds is 6. The van der Waals surface area contributed by atoms with Gasteiger partial charge >= 0.3 is 17.7 Å². The molecule has 0 aliphatic carbocycles. The maximum absolute atomic E-state index is 14.4. The third kappa shape index (κ3) is 7.81. The van der Waals surface area contributed by atoms with Crippen LogP contribution in [-0.2, 0) is 20.9 Å². The average Bonchev–Trinajstić information content (AvgIpc) is 2.72. The first-order valence-corrected chi connectivity index (χ1v) is 9.89. The molecule has 0 aromatic heterocycles. The molecule has 0 fully saturated rings. The molecule has 0 aliphatic heterocycles. The highest BCUT2D eigenvalue weighted by atomic mass is 19.1. The maximum atomic E-state index is 14.4. The van der Waals surface area contributed by atoms with E-state index in [4.69, 9.17) is 15.2 Å². The zero-order valence-corrected chi connectivity index (χ0v) is 18.4. The van der Waals surface area contributed by atoms with Crippen molar-refractivity contribution in [1.29, 1.82) is 0 Å². The molecule has 2 aromatic carbocycles. The molecule has 0 saturated carbocycles. The van der Waals surface area contributed by atoms with E-state index in [0.717, 1.165) is 11.6 Å². The minimum Gasteiger partial charge on any atom is -0.459 e. The SMILES string of the molecule is CC(C)(C)OC(=O)NC(CC#Cc1ccc(N)c([N+](=O)[O-])c1F)C(=O)OCc1ccccc1. The van der Waals surface area contributed by atoms with Gasteiger partial charge in [-0.1, -0.05) is 42.2 Å². The van der Waals surface area contributed by atoms with E-state index in [2.05, 4.69) is 17.2 Å². The van der Waals surface area contributed by atoms with E-state index < -0.39 is 40.1 Å². The van der Waals surface area contributed by atoms with E-state index in [-0.39, 0.29) is 24.3 Å². The lowest BCUT2D eigenvalue weighted by Gasteiger charge is -2.22. The minimum atomic E-state index is -1.22. The number of hydrogen-bond acceptors (Lipinski definition) is 7. The molecule has 3 N–H and O–H groups in total. The summed E-state index contributed by atoms with van der Waals surface area (Å²) in [7, 11) is 0.